The van der Waals surface area contributed by atoms with E-state index >= 15 is 0 Å². The molecule has 96 valence electrons. The first-order valence-electron chi connectivity index (χ1n) is 5.81. The lowest BCUT2D eigenvalue weighted by atomic mass is 10.2. The first kappa shape index (κ1) is 11.6. The van der Waals surface area contributed by atoms with E-state index in [0.29, 0.717) is 11.4 Å². The van der Waals surface area contributed by atoms with E-state index in [-0.39, 0.29) is 11.5 Å². The second kappa shape index (κ2) is 4.62. The molecule has 2 aromatic carbocycles. The number of hydrogen-bond acceptors (Lipinski definition) is 5. The van der Waals surface area contributed by atoms with Gasteiger partial charge in [0.2, 0.25) is 6.23 Å². The van der Waals surface area contributed by atoms with E-state index in [1.807, 2.05) is 30.3 Å². The predicted molar refractivity (Wildman–Crippen MR) is 69.7 cm³/mol. The summed E-state index contributed by atoms with van der Waals surface area (Å²) in [4.78, 5) is 9.77. The maximum absolute atomic E-state index is 9.47. The lowest BCUT2D eigenvalue weighted by molar-refractivity contribution is 0.0377. The number of rotatable bonds is 2. The quantitative estimate of drug-likeness (QED) is 0.719. The molecule has 5 nitrogen and oxygen atoms in total. The summed E-state index contributed by atoms with van der Waals surface area (Å²) in [6, 6.07) is 14.1. The summed E-state index contributed by atoms with van der Waals surface area (Å²) >= 11 is 0. The number of phenols is 2. The molecule has 0 fully saturated rings. The second-order valence-corrected chi connectivity index (χ2v) is 4.16. The number of aromatic hydroxyl groups is 2. The summed E-state index contributed by atoms with van der Waals surface area (Å²) in [5.74, 6) is 0.164. The van der Waals surface area contributed by atoms with Crippen LogP contribution in [0, 0.1) is 0 Å². The highest BCUT2D eigenvalue weighted by Gasteiger charge is 2.21. The molecular weight excluding hydrogens is 244 g/mol. The van der Waals surface area contributed by atoms with Crippen molar-refractivity contribution >= 4 is 5.84 Å². The van der Waals surface area contributed by atoms with Gasteiger partial charge >= 0.3 is 0 Å². The third kappa shape index (κ3) is 2.23. The number of aliphatic imine (C=N–C) groups is 1. The van der Waals surface area contributed by atoms with Gasteiger partial charge in [0.15, 0.2) is 17.3 Å². The van der Waals surface area contributed by atoms with Gasteiger partial charge in [0.25, 0.3) is 0 Å². The normalized spacial score (nSPS) is 17.9. The zero-order valence-electron chi connectivity index (χ0n) is 9.95. The van der Waals surface area contributed by atoms with E-state index in [9.17, 15) is 10.2 Å². The Hall–Kier alpha value is -2.53. The number of hydrogen-bond donors (Lipinski definition) is 3. The van der Waals surface area contributed by atoms with Crippen LogP contribution in [0.2, 0.25) is 0 Å². The van der Waals surface area contributed by atoms with Gasteiger partial charge in [-0.15, -0.1) is 0 Å². The first-order valence-corrected chi connectivity index (χ1v) is 5.81. The summed E-state index contributed by atoms with van der Waals surface area (Å²) < 4.78 is 0. The van der Waals surface area contributed by atoms with E-state index < -0.39 is 6.23 Å². The van der Waals surface area contributed by atoms with Crippen molar-refractivity contribution < 1.29 is 15.1 Å². The third-order valence-electron chi connectivity index (χ3n) is 2.85. The Morgan fingerprint density at radius 1 is 1.00 bits per heavy atom. The Kier molecular flexibility index (Phi) is 2.81. The van der Waals surface area contributed by atoms with Crippen LogP contribution in [0.25, 0.3) is 0 Å². The summed E-state index contributed by atoms with van der Waals surface area (Å²) in [7, 11) is 0. The highest BCUT2D eigenvalue weighted by Crippen LogP contribution is 2.27. The number of amidine groups is 1. The smallest absolute Gasteiger partial charge is 0.202 e. The highest BCUT2D eigenvalue weighted by molar-refractivity contribution is 5.99. The molecule has 2 aromatic rings. The molecule has 5 heteroatoms. The maximum atomic E-state index is 9.47. The van der Waals surface area contributed by atoms with E-state index in [0.717, 1.165) is 5.56 Å². The van der Waals surface area contributed by atoms with Crippen LogP contribution < -0.4 is 5.48 Å². The van der Waals surface area contributed by atoms with Crippen LogP contribution in [-0.4, -0.2) is 16.0 Å². The lowest BCUT2D eigenvalue weighted by Gasteiger charge is -2.04. The van der Waals surface area contributed by atoms with Crippen LogP contribution in [0.1, 0.15) is 17.4 Å². The third-order valence-corrected chi connectivity index (χ3v) is 2.85. The van der Waals surface area contributed by atoms with Crippen molar-refractivity contribution in [3.63, 3.8) is 0 Å². The molecule has 1 aliphatic rings. The average molecular weight is 256 g/mol. The largest absolute Gasteiger partial charge is 0.504 e. The van der Waals surface area contributed by atoms with Gasteiger partial charge < -0.3 is 10.2 Å². The van der Waals surface area contributed by atoms with Gasteiger partial charge in [-0.3, -0.25) is 0 Å². The monoisotopic (exact) mass is 256 g/mol. The molecule has 0 saturated heterocycles. The van der Waals surface area contributed by atoms with Gasteiger partial charge in [-0.2, -0.15) is 0 Å². The van der Waals surface area contributed by atoms with Crippen molar-refractivity contribution in [3.05, 3.63) is 59.7 Å². The van der Waals surface area contributed by atoms with Gasteiger partial charge in [0, 0.05) is 11.1 Å². The fraction of sp³-hybridized carbons (Fsp3) is 0.0714. The number of nitrogens with one attached hydrogen (secondary N) is 1. The number of phenolic OH excluding ortho intramolecular Hbond substituents is 2. The molecular formula is C14H12N2O3. The minimum absolute atomic E-state index is 0.164. The summed E-state index contributed by atoms with van der Waals surface area (Å²) in [6.45, 7) is 0. The average Bonchev–Trinajstić information content (AvgIpc) is 2.93. The SMILES string of the molecule is Oc1ccc(C2=NC(c3ccccc3)ON2)cc1O. The standard InChI is InChI=1S/C14H12N2O3/c17-11-7-6-10(8-12(11)18)13-15-14(19-16-13)9-4-2-1-3-5-9/h1-8,14,17-18H,(H,15,16). The van der Waals surface area contributed by atoms with Crippen molar-refractivity contribution in [2.75, 3.05) is 0 Å². The maximum Gasteiger partial charge on any atom is 0.202 e. The van der Waals surface area contributed by atoms with Gasteiger partial charge in [0.1, 0.15) is 0 Å². The minimum Gasteiger partial charge on any atom is -0.504 e. The topological polar surface area (TPSA) is 74.1 Å². The Balaban J connectivity index is 1.89. The van der Waals surface area contributed by atoms with Crippen LogP contribution in [-0.2, 0) is 4.84 Å². The minimum atomic E-state index is -0.410. The van der Waals surface area contributed by atoms with Crippen LogP contribution in [0.3, 0.4) is 0 Å². The van der Waals surface area contributed by atoms with Crippen LogP contribution in [0.15, 0.2) is 53.5 Å². The van der Waals surface area contributed by atoms with Crippen molar-refractivity contribution in [2.24, 2.45) is 4.99 Å². The van der Waals surface area contributed by atoms with Crippen molar-refractivity contribution in [2.45, 2.75) is 6.23 Å². The summed E-state index contributed by atoms with van der Waals surface area (Å²) in [5, 5.41) is 18.7. The molecule has 0 aliphatic carbocycles. The fourth-order valence-corrected chi connectivity index (χ4v) is 1.85. The van der Waals surface area contributed by atoms with E-state index in [2.05, 4.69) is 10.5 Å². The zero-order chi connectivity index (χ0) is 13.2. The molecule has 0 bridgehead atoms. The molecule has 0 amide bonds. The van der Waals surface area contributed by atoms with E-state index in [1.165, 1.54) is 12.1 Å². The van der Waals surface area contributed by atoms with Crippen molar-refractivity contribution in [1.29, 1.82) is 0 Å². The molecule has 1 heterocycles. The lowest BCUT2D eigenvalue weighted by Crippen LogP contribution is -2.17. The van der Waals surface area contributed by atoms with Gasteiger partial charge in [-0.25, -0.2) is 15.3 Å². The molecule has 3 N–H and O–H groups in total. The molecule has 0 radical (unpaired) electrons. The summed E-state index contributed by atoms with van der Waals surface area (Å²) in [6.07, 6.45) is -0.410. The van der Waals surface area contributed by atoms with Crippen LogP contribution >= 0.6 is 0 Å². The zero-order valence-corrected chi connectivity index (χ0v) is 9.95. The number of benzene rings is 2. The van der Waals surface area contributed by atoms with E-state index in [4.69, 9.17) is 4.84 Å². The Labute approximate surface area is 109 Å². The molecule has 3 rings (SSSR count). The van der Waals surface area contributed by atoms with Gasteiger partial charge in [-0.05, 0) is 18.2 Å². The van der Waals surface area contributed by atoms with Gasteiger partial charge in [-0.1, -0.05) is 30.3 Å². The molecule has 1 unspecified atom stereocenters. The molecule has 1 aliphatic heterocycles. The highest BCUT2D eigenvalue weighted by atomic mass is 16.7. The van der Waals surface area contributed by atoms with E-state index in [1.54, 1.807) is 6.07 Å². The second-order valence-electron chi connectivity index (χ2n) is 4.16. The fourth-order valence-electron chi connectivity index (χ4n) is 1.85. The predicted octanol–water partition coefficient (Wildman–Crippen LogP) is 2.08. The Morgan fingerprint density at radius 3 is 2.53 bits per heavy atom. The molecule has 1 atom stereocenters. The Bertz CT molecular complexity index is 626. The van der Waals surface area contributed by atoms with Crippen LogP contribution in [0.5, 0.6) is 11.5 Å². The first-order chi connectivity index (χ1) is 9.24. The van der Waals surface area contributed by atoms with Crippen LogP contribution in [0.4, 0.5) is 0 Å². The number of hydroxylamine groups is 1. The number of nitrogens with zero attached hydrogens (tertiary/aromatic N) is 1. The van der Waals surface area contributed by atoms with Gasteiger partial charge in [0.05, 0.1) is 0 Å². The molecule has 0 saturated carbocycles. The molecule has 19 heavy (non-hydrogen) atoms. The van der Waals surface area contributed by atoms with Crippen molar-refractivity contribution in [3.8, 4) is 11.5 Å². The molecule has 0 aromatic heterocycles. The summed E-state index contributed by atoms with van der Waals surface area (Å²) in [5.41, 5.74) is 4.31. The Morgan fingerprint density at radius 2 is 1.79 bits per heavy atom. The molecule has 0 spiro atoms. The van der Waals surface area contributed by atoms with Crippen molar-refractivity contribution in [1.82, 2.24) is 5.48 Å².